The van der Waals surface area contributed by atoms with E-state index >= 15 is 0 Å². The second-order valence-electron chi connectivity index (χ2n) is 5.90. The molecule has 0 saturated heterocycles. The van der Waals surface area contributed by atoms with E-state index in [0.29, 0.717) is 11.8 Å². The van der Waals surface area contributed by atoms with E-state index in [2.05, 4.69) is 9.27 Å². The molecular formula is C13H21N3O2S2. The summed E-state index contributed by atoms with van der Waals surface area (Å²) < 4.78 is 28.6. The molecule has 1 heterocycles. The third-order valence-electron chi connectivity index (χ3n) is 3.99. The van der Waals surface area contributed by atoms with Gasteiger partial charge in [-0.05, 0) is 49.1 Å². The SMILES string of the molecule is CCS(=O)(=O)c1c(N)nsc1N(CC1CC1)CC1CC1. The van der Waals surface area contributed by atoms with Crippen molar-refractivity contribution >= 4 is 32.2 Å². The third kappa shape index (κ3) is 2.93. The number of nitrogens with two attached hydrogens (primary N) is 1. The molecule has 0 radical (unpaired) electrons. The van der Waals surface area contributed by atoms with E-state index in [-0.39, 0.29) is 16.5 Å². The quantitative estimate of drug-likeness (QED) is 0.834. The van der Waals surface area contributed by atoms with E-state index in [4.69, 9.17) is 5.73 Å². The predicted octanol–water partition coefficient (Wildman–Crippen LogP) is 2.15. The molecule has 0 spiro atoms. The summed E-state index contributed by atoms with van der Waals surface area (Å²) in [4.78, 5) is 2.50. The molecule has 0 atom stereocenters. The van der Waals surface area contributed by atoms with Crippen LogP contribution in [-0.4, -0.2) is 31.6 Å². The van der Waals surface area contributed by atoms with Crippen molar-refractivity contribution in [2.24, 2.45) is 11.8 Å². The number of hydrogen-bond donors (Lipinski definition) is 1. The van der Waals surface area contributed by atoms with Gasteiger partial charge < -0.3 is 10.6 Å². The van der Waals surface area contributed by atoms with Crippen molar-refractivity contribution in [2.45, 2.75) is 37.5 Å². The Hall–Kier alpha value is -0.820. The van der Waals surface area contributed by atoms with Gasteiger partial charge in [0.05, 0.1) is 5.75 Å². The molecule has 0 aliphatic heterocycles. The van der Waals surface area contributed by atoms with Crippen LogP contribution in [0.25, 0.3) is 0 Å². The van der Waals surface area contributed by atoms with Gasteiger partial charge in [0.15, 0.2) is 15.7 Å². The molecule has 0 amide bonds. The lowest BCUT2D eigenvalue weighted by molar-refractivity contribution is 0.596. The first-order valence-corrected chi connectivity index (χ1v) is 9.66. The van der Waals surface area contributed by atoms with Crippen molar-refractivity contribution in [3.8, 4) is 0 Å². The molecule has 2 aliphatic carbocycles. The van der Waals surface area contributed by atoms with Gasteiger partial charge in [-0.25, -0.2) is 8.42 Å². The largest absolute Gasteiger partial charge is 0.382 e. The highest BCUT2D eigenvalue weighted by Gasteiger charge is 2.34. The van der Waals surface area contributed by atoms with Crippen LogP contribution in [0.4, 0.5) is 10.8 Å². The highest BCUT2D eigenvalue weighted by molar-refractivity contribution is 7.91. The van der Waals surface area contributed by atoms with Crippen LogP contribution in [0.5, 0.6) is 0 Å². The van der Waals surface area contributed by atoms with Gasteiger partial charge in [0.25, 0.3) is 0 Å². The first-order valence-electron chi connectivity index (χ1n) is 7.24. The molecule has 112 valence electrons. The monoisotopic (exact) mass is 315 g/mol. The molecule has 0 unspecified atom stereocenters. The molecule has 3 rings (SSSR count). The number of aromatic nitrogens is 1. The topological polar surface area (TPSA) is 76.3 Å². The molecule has 7 heteroatoms. The summed E-state index contributed by atoms with van der Waals surface area (Å²) in [5, 5.41) is 0.767. The van der Waals surface area contributed by atoms with Gasteiger partial charge in [0.2, 0.25) is 0 Å². The van der Waals surface area contributed by atoms with E-state index in [1.165, 1.54) is 37.2 Å². The average molecular weight is 315 g/mol. The highest BCUT2D eigenvalue weighted by Crippen LogP contribution is 2.41. The van der Waals surface area contributed by atoms with E-state index in [0.717, 1.165) is 18.1 Å². The Morgan fingerprint density at radius 3 is 2.25 bits per heavy atom. The van der Waals surface area contributed by atoms with Crippen molar-refractivity contribution < 1.29 is 8.42 Å². The molecule has 2 saturated carbocycles. The standard InChI is InChI=1S/C13H21N3O2S2/c1-2-20(17,18)11-12(14)15-19-13(11)16(7-9-3-4-9)8-10-5-6-10/h9-10H,2-8H2,1H3,(H2,14,15). The molecule has 2 fully saturated rings. The average Bonchev–Trinajstić information content (AvgIpc) is 3.31. The lowest BCUT2D eigenvalue weighted by Gasteiger charge is -2.23. The van der Waals surface area contributed by atoms with Crippen LogP contribution in [0.1, 0.15) is 32.6 Å². The van der Waals surface area contributed by atoms with E-state index < -0.39 is 9.84 Å². The van der Waals surface area contributed by atoms with Gasteiger partial charge in [-0.3, -0.25) is 0 Å². The summed E-state index contributed by atoms with van der Waals surface area (Å²) in [6.07, 6.45) is 5.02. The minimum absolute atomic E-state index is 0.0727. The Morgan fingerprint density at radius 1 is 1.25 bits per heavy atom. The number of hydrogen-bond acceptors (Lipinski definition) is 6. The summed E-state index contributed by atoms with van der Waals surface area (Å²) in [7, 11) is -3.31. The van der Waals surface area contributed by atoms with Crippen LogP contribution in [0.15, 0.2) is 4.90 Å². The van der Waals surface area contributed by atoms with Crippen LogP contribution < -0.4 is 10.6 Å². The van der Waals surface area contributed by atoms with E-state index in [9.17, 15) is 8.42 Å². The number of nitrogens with zero attached hydrogens (tertiary/aromatic N) is 2. The first-order chi connectivity index (χ1) is 9.51. The van der Waals surface area contributed by atoms with Crippen molar-refractivity contribution in [1.82, 2.24) is 4.37 Å². The molecule has 2 N–H and O–H groups in total. The second kappa shape index (κ2) is 5.18. The summed E-state index contributed by atoms with van der Waals surface area (Å²) in [6.45, 7) is 3.55. The molecule has 20 heavy (non-hydrogen) atoms. The van der Waals surface area contributed by atoms with Gasteiger partial charge in [0.1, 0.15) is 9.90 Å². The highest BCUT2D eigenvalue weighted by atomic mass is 32.2. The predicted molar refractivity (Wildman–Crippen MR) is 81.9 cm³/mol. The fraction of sp³-hybridized carbons (Fsp3) is 0.769. The molecule has 1 aromatic rings. The van der Waals surface area contributed by atoms with Crippen molar-refractivity contribution in [1.29, 1.82) is 0 Å². The first kappa shape index (κ1) is 14.1. The molecule has 2 aliphatic rings. The summed E-state index contributed by atoms with van der Waals surface area (Å²) in [5.74, 6) is 1.68. The number of rotatable bonds is 7. The summed E-state index contributed by atoms with van der Waals surface area (Å²) >= 11 is 1.24. The number of nitrogen functional groups attached to an aromatic ring is 1. The summed E-state index contributed by atoms with van der Waals surface area (Å²) in [6, 6.07) is 0. The fourth-order valence-corrected chi connectivity index (χ4v) is 4.71. The second-order valence-corrected chi connectivity index (χ2v) is 8.86. The molecular weight excluding hydrogens is 294 g/mol. The Balaban J connectivity index is 1.92. The smallest absolute Gasteiger partial charge is 0.184 e. The van der Waals surface area contributed by atoms with Crippen molar-refractivity contribution in [3.63, 3.8) is 0 Å². The Labute approximate surface area is 124 Å². The van der Waals surface area contributed by atoms with Gasteiger partial charge in [-0.15, -0.1) is 0 Å². The fourth-order valence-electron chi connectivity index (χ4n) is 2.39. The molecule has 5 nitrogen and oxygen atoms in total. The minimum Gasteiger partial charge on any atom is -0.382 e. The zero-order chi connectivity index (χ0) is 14.3. The Bertz CT molecular complexity index is 575. The molecule has 1 aromatic heterocycles. The summed E-state index contributed by atoms with van der Waals surface area (Å²) in [5.41, 5.74) is 5.83. The van der Waals surface area contributed by atoms with Crippen LogP contribution >= 0.6 is 11.5 Å². The van der Waals surface area contributed by atoms with Crippen LogP contribution in [0.3, 0.4) is 0 Å². The normalized spacial score (nSPS) is 19.2. The van der Waals surface area contributed by atoms with E-state index in [1.54, 1.807) is 6.92 Å². The lowest BCUT2D eigenvalue weighted by Crippen LogP contribution is -2.28. The van der Waals surface area contributed by atoms with Crippen molar-refractivity contribution in [3.05, 3.63) is 0 Å². The lowest BCUT2D eigenvalue weighted by atomic mass is 10.3. The Morgan fingerprint density at radius 2 is 1.80 bits per heavy atom. The van der Waals surface area contributed by atoms with Gasteiger partial charge in [0, 0.05) is 13.1 Å². The molecule has 0 bridgehead atoms. The Kier molecular flexibility index (Phi) is 3.66. The maximum absolute atomic E-state index is 12.3. The van der Waals surface area contributed by atoms with E-state index in [1.807, 2.05) is 0 Å². The van der Waals surface area contributed by atoms with Gasteiger partial charge >= 0.3 is 0 Å². The zero-order valence-corrected chi connectivity index (χ0v) is 13.3. The number of anilines is 2. The maximum Gasteiger partial charge on any atom is 0.184 e. The van der Waals surface area contributed by atoms with Crippen molar-refractivity contribution in [2.75, 3.05) is 29.5 Å². The maximum atomic E-state index is 12.3. The number of sulfone groups is 1. The zero-order valence-electron chi connectivity index (χ0n) is 11.7. The minimum atomic E-state index is -3.31. The third-order valence-corrected chi connectivity index (χ3v) is 6.82. The van der Waals surface area contributed by atoms with Gasteiger partial charge in [-0.2, -0.15) is 4.37 Å². The van der Waals surface area contributed by atoms with Gasteiger partial charge in [-0.1, -0.05) is 6.92 Å². The van der Waals surface area contributed by atoms with Crippen LogP contribution in [0.2, 0.25) is 0 Å². The van der Waals surface area contributed by atoms with Crippen LogP contribution in [0, 0.1) is 11.8 Å². The molecule has 0 aromatic carbocycles. The van der Waals surface area contributed by atoms with Crippen LogP contribution in [-0.2, 0) is 9.84 Å².